The smallest absolute Gasteiger partial charge is 0.333 e. The molecule has 3 aromatic rings. The largest absolute Gasteiger partial charge is 0.369 e. The number of aryl methyl sites for hydroxylation is 3. The molecule has 0 amide bonds. The zero-order valence-corrected chi connectivity index (χ0v) is 15.9. The second kappa shape index (κ2) is 6.70. The summed E-state index contributed by atoms with van der Waals surface area (Å²) in [7, 11) is 3.43. The highest BCUT2D eigenvalue weighted by molar-refractivity contribution is 5.69. The Balaban J connectivity index is 1.56. The van der Waals surface area contributed by atoms with Gasteiger partial charge >= 0.3 is 5.69 Å². The molecule has 1 aliphatic rings. The van der Waals surface area contributed by atoms with Crippen molar-refractivity contribution in [1.82, 2.24) is 23.6 Å². The third-order valence-corrected chi connectivity index (χ3v) is 5.37. The van der Waals surface area contributed by atoms with E-state index >= 15 is 0 Å². The van der Waals surface area contributed by atoms with Gasteiger partial charge in [-0.05, 0) is 18.6 Å². The highest BCUT2D eigenvalue weighted by Gasteiger charge is 2.21. The molecule has 3 heterocycles. The fourth-order valence-corrected chi connectivity index (χ4v) is 3.77. The summed E-state index contributed by atoms with van der Waals surface area (Å²) in [5, 5.41) is 0. The Hall–Kier alpha value is -2.87. The molecule has 0 aliphatic carbocycles. The van der Waals surface area contributed by atoms with Gasteiger partial charge in [0.15, 0.2) is 11.2 Å². The lowest BCUT2D eigenvalue weighted by Crippen LogP contribution is -2.50. The SMILES string of the molecule is Cc1ccccc1N1CCN(Cn2c(=O)c3c(ncn3C)n(C)c2=O)CC1. The standard InChI is InChI=1S/C19H24N6O2/c1-14-6-4-5-7-15(14)24-10-8-23(9-11-24)13-25-18(26)16-17(20-12-21(16)2)22(3)19(25)27/h4-7,12H,8-11,13H2,1-3H3. The third-order valence-electron chi connectivity index (χ3n) is 5.37. The van der Waals surface area contributed by atoms with Crippen molar-refractivity contribution in [2.24, 2.45) is 14.1 Å². The number of fused-ring (bicyclic) bond motifs is 1. The first-order valence-electron chi connectivity index (χ1n) is 9.11. The molecule has 0 unspecified atom stereocenters. The summed E-state index contributed by atoms with van der Waals surface area (Å²) in [6, 6.07) is 8.36. The van der Waals surface area contributed by atoms with E-state index in [2.05, 4.69) is 39.9 Å². The number of anilines is 1. The van der Waals surface area contributed by atoms with Gasteiger partial charge in [-0.15, -0.1) is 0 Å². The topological polar surface area (TPSA) is 68.3 Å². The lowest BCUT2D eigenvalue weighted by atomic mass is 10.1. The van der Waals surface area contributed by atoms with Crippen molar-refractivity contribution < 1.29 is 0 Å². The van der Waals surface area contributed by atoms with Gasteiger partial charge in [0, 0.05) is 46.0 Å². The van der Waals surface area contributed by atoms with Crippen LogP contribution in [-0.4, -0.2) is 49.8 Å². The Morgan fingerprint density at radius 3 is 2.44 bits per heavy atom. The third kappa shape index (κ3) is 2.95. The summed E-state index contributed by atoms with van der Waals surface area (Å²) < 4.78 is 4.43. The quantitative estimate of drug-likeness (QED) is 0.674. The van der Waals surface area contributed by atoms with Gasteiger partial charge in [0.05, 0.1) is 13.0 Å². The Bertz CT molecular complexity index is 1100. The highest BCUT2D eigenvalue weighted by atomic mass is 16.2. The molecule has 0 spiro atoms. The Morgan fingerprint density at radius 1 is 1.04 bits per heavy atom. The van der Waals surface area contributed by atoms with Crippen molar-refractivity contribution in [3.63, 3.8) is 0 Å². The van der Waals surface area contributed by atoms with E-state index in [0.717, 1.165) is 26.2 Å². The van der Waals surface area contributed by atoms with Crippen LogP contribution in [0.3, 0.4) is 0 Å². The first kappa shape index (κ1) is 17.5. The average molecular weight is 368 g/mol. The number of piperazine rings is 1. The van der Waals surface area contributed by atoms with Crippen LogP contribution in [0.2, 0.25) is 0 Å². The fourth-order valence-electron chi connectivity index (χ4n) is 3.77. The van der Waals surface area contributed by atoms with E-state index in [1.54, 1.807) is 25.0 Å². The Labute approximate surface area is 156 Å². The van der Waals surface area contributed by atoms with Gasteiger partial charge < -0.3 is 9.47 Å². The zero-order chi connectivity index (χ0) is 19.1. The maximum atomic E-state index is 12.8. The minimum atomic E-state index is -0.326. The van der Waals surface area contributed by atoms with Crippen molar-refractivity contribution in [3.05, 3.63) is 57.0 Å². The van der Waals surface area contributed by atoms with Gasteiger partial charge in [-0.3, -0.25) is 14.3 Å². The molecule has 8 heteroatoms. The van der Waals surface area contributed by atoms with E-state index in [1.807, 2.05) is 6.07 Å². The number of imidazole rings is 1. The van der Waals surface area contributed by atoms with E-state index < -0.39 is 0 Å². The van der Waals surface area contributed by atoms with E-state index in [-0.39, 0.29) is 11.2 Å². The highest BCUT2D eigenvalue weighted by Crippen LogP contribution is 2.20. The van der Waals surface area contributed by atoms with Gasteiger partial charge in [-0.25, -0.2) is 14.3 Å². The Morgan fingerprint density at radius 2 is 1.74 bits per heavy atom. The van der Waals surface area contributed by atoms with Crippen molar-refractivity contribution in [2.75, 3.05) is 31.1 Å². The van der Waals surface area contributed by atoms with Crippen LogP contribution < -0.4 is 16.1 Å². The van der Waals surface area contributed by atoms with Crippen molar-refractivity contribution in [3.8, 4) is 0 Å². The van der Waals surface area contributed by atoms with Gasteiger partial charge in [0.1, 0.15) is 0 Å². The molecule has 1 saturated heterocycles. The van der Waals surface area contributed by atoms with Crippen LogP contribution in [0, 0.1) is 6.92 Å². The van der Waals surface area contributed by atoms with Crippen molar-refractivity contribution >= 4 is 16.9 Å². The van der Waals surface area contributed by atoms with Gasteiger partial charge in [-0.2, -0.15) is 0 Å². The van der Waals surface area contributed by atoms with Gasteiger partial charge in [0.2, 0.25) is 0 Å². The number of nitrogens with zero attached hydrogens (tertiary/aromatic N) is 6. The van der Waals surface area contributed by atoms with E-state index in [9.17, 15) is 9.59 Å². The van der Waals surface area contributed by atoms with Crippen LogP contribution in [0.1, 0.15) is 5.56 Å². The molecule has 0 bridgehead atoms. The number of rotatable bonds is 3. The van der Waals surface area contributed by atoms with E-state index in [0.29, 0.717) is 17.8 Å². The molecule has 1 aromatic carbocycles. The molecule has 1 fully saturated rings. The summed E-state index contributed by atoms with van der Waals surface area (Å²) in [4.78, 5) is 34.2. The lowest BCUT2D eigenvalue weighted by Gasteiger charge is -2.36. The maximum absolute atomic E-state index is 12.8. The second-order valence-electron chi connectivity index (χ2n) is 7.14. The molecular weight excluding hydrogens is 344 g/mol. The molecule has 4 rings (SSSR count). The molecule has 142 valence electrons. The van der Waals surface area contributed by atoms with E-state index in [4.69, 9.17) is 0 Å². The summed E-state index contributed by atoms with van der Waals surface area (Å²) in [5.41, 5.74) is 2.78. The molecule has 0 saturated carbocycles. The monoisotopic (exact) mass is 368 g/mol. The first-order chi connectivity index (χ1) is 13.0. The predicted octanol–water partition coefficient (Wildman–Crippen LogP) is 0.522. The minimum Gasteiger partial charge on any atom is -0.369 e. The molecule has 8 nitrogen and oxygen atoms in total. The molecule has 1 aliphatic heterocycles. The summed E-state index contributed by atoms with van der Waals surface area (Å²) in [5.74, 6) is 0. The first-order valence-corrected chi connectivity index (χ1v) is 9.11. The molecule has 0 radical (unpaired) electrons. The van der Waals surface area contributed by atoms with Crippen molar-refractivity contribution in [1.29, 1.82) is 0 Å². The second-order valence-corrected chi connectivity index (χ2v) is 7.14. The van der Waals surface area contributed by atoms with E-state index in [1.165, 1.54) is 20.4 Å². The van der Waals surface area contributed by atoms with Crippen LogP contribution >= 0.6 is 0 Å². The number of hydrogen-bond donors (Lipinski definition) is 0. The molecule has 0 N–H and O–H groups in total. The number of hydrogen-bond acceptors (Lipinski definition) is 5. The predicted molar refractivity (Wildman–Crippen MR) is 105 cm³/mol. The van der Waals surface area contributed by atoms with Crippen molar-refractivity contribution in [2.45, 2.75) is 13.6 Å². The Kier molecular flexibility index (Phi) is 4.35. The lowest BCUT2D eigenvalue weighted by molar-refractivity contribution is 0.198. The normalized spacial score (nSPS) is 15.6. The van der Waals surface area contributed by atoms with Gasteiger partial charge in [-0.1, -0.05) is 18.2 Å². The van der Waals surface area contributed by atoms with Crippen LogP contribution in [-0.2, 0) is 20.8 Å². The van der Waals surface area contributed by atoms with Crippen LogP contribution in [0.15, 0.2) is 40.2 Å². The van der Waals surface area contributed by atoms with Crippen LogP contribution in [0.5, 0.6) is 0 Å². The van der Waals surface area contributed by atoms with Gasteiger partial charge in [0.25, 0.3) is 5.56 Å². The molecular formula is C19H24N6O2. The maximum Gasteiger partial charge on any atom is 0.333 e. The number of benzene rings is 1. The van der Waals surface area contributed by atoms with Crippen LogP contribution in [0.25, 0.3) is 11.2 Å². The summed E-state index contributed by atoms with van der Waals surface area (Å²) >= 11 is 0. The minimum absolute atomic E-state index is 0.283. The fraction of sp³-hybridized carbons (Fsp3) is 0.421. The van der Waals surface area contributed by atoms with Crippen LogP contribution in [0.4, 0.5) is 5.69 Å². The number of aromatic nitrogens is 4. The molecule has 27 heavy (non-hydrogen) atoms. The summed E-state index contributed by atoms with van der Waals surface area (Å²) in [6.45, 7) is 5.75. The molecule has 0 atom stereocenters. The molecule has 2 aromatic heterocycles. The number of para-hydroxylation sites is 1. The zero-order valence-electron chi connectivity index (χ0n) is 15.9. The summed E-state index contributed by atoms with van der Waals surface area (Å²) in [6.07, 6.45) is 1.57. The average Bonchev–Trinajstić information content (AvgIpc) is 3.06.